The van der Waals surface area contributed by atoms with Crippen molar-refractivity contribution < 1.29 is 48.3 Å². The normalized spacial score (nSPS) is 33.6. The highest BCUT2D eigenvalue weighted by molar-refractivity contribution is 8.33. The maximum Gasteiger partial charge on any atom is 0.432 e. The Morgan fingerprint density at radius 2 is 1.60 bits per heavy atom. The van der Waals surface area contributed by atoms with Gasteiger partial charge in [0, 0.05) is 23.0 Å². The number of halogens is 5. The molecule has 3 atom stereocenters. The van der Waals surface area contributed by atoms with Gasteiger partial charge in [0.05, 0.1) is 11.5 Å². The molecule has 13 heteroatoms. The van der Waals surface area contributed by atoms with Gasteiger partial charge in [-0.2, -0.15) is 30.4 Å². The van der Waals surface area contributed by atoms with E-state index < -0.39 is 55.5 Å². The van der Waals surface area contributed by atoms with E-state index in [1.54, 1.807) is 42.5 Å². The maximum atomic E-state index is 16.0. The highest BCUT2D eigenvalue weighted by Crippen LogP contribution is 2.66. The Labute approximate surface area is 262 Å². The molecule has 2 aromatic rings. The van der Waals surface area contributed by atoms with Gasteiger partial charge in [-0.25, -0.2) is 3.63 Å². The zero-order valence-electron chi connectivity index (χ0n) is 25.1. The van der Waals surface area contributed by atoms with Crippen LogP contribution in [0.3, 0.4) is 0 Å². The van der Waals surface area contributed by atoms with Gasteiger partial charge < -0.3 is 9.47 Å². The van der Waals surface area contributed by atoms with Gasteiger partial charge in [0.2, 0.25) is 0 Å². The van der Waals surface area contributed by atoms with Crippen LogP contribution in [0.15, 0.2) is 47.4 Å². The Morgan fingerprint density at radius 3 is 2.22 bits per heavy atom. The number of unbranched alkanes of at least 4 members (excludes halogenated alkanes) is 1. The van der Waals surface area contributed by atoms with E-state index in [0.29, 0.717) is 22.3 Å². The first-order chi connectivity index (χ1) is 21.2. The quantitative estimate of drug-likeness (QED) is 0.136. The van der Waals surface area contributed by atoms with Gasteiger partial charge in [0.15, 0.2) is 0 Å². The van der Waals surface area contributed by atoms with Crippen LogP contribution >= 0.6 is 10.3 Å². The Hall–Kier alpha value is -1.96. The highest BCUT2D eigenvalue weighted by Gasteiger charge is 2.69. The van der Waals surface area contributed by atoms with Crippen molar-refractivity contribution in [2.24, 2.45) is 23.2 Å². The Balaban J connectivity index is 1.32. The van der Waals surface area contributed by atoms with E-state index in [9.17, 15) is 26.4 Å². The summed E-state index contributed by atoms with van der Waals surface area (Å²) < 4.78 is 118. The summed E-state index contributed by atoms with van der Waals surface area (Å²) in [4.78, 5) is 13.7. The molecule has 7 rings (SSSR count). The lowest BCUT2D eigenvalue weighted by Gasteiger charge is -2.55. The summed E-state index contributed by atoms with van der Waals surface area (Å²) in [6, 6.07) is 11.9. The molecule has 0 radical (unpaired) electrons. The summed E-state index contributed by atoms with van der Waals surface area (Å²) in [6.45, 7) is 2.33. The monoisotopic (exact) mass is 678 g/mol. The number of hydrogen-bond acceptors (Lipinski definition) is 6. The third-order valence-corrected chi connectivity index (χ3v) is 15.7. The summed E-state index contributed by atoms with van der Waals surface area (Å²) in [6.07, 6.45) is -5.38. The minimum Gasteiger partial charge on any atom is -0.444 e. The third-order valence-electron chi connectivity index (χ3n) is 10.1. The van der Waals surface area contributed by atoms with Gasteiger partial charge in [-0.15, -0.1) is 0 Å². The molecule has 1 aliphatic heterocycles. The molecule has 0 N–H and O–H groups in total. The van der Waals surface area contributed by atoms with Crippen molar-refractivity contribution in [1.29, 1.82) is 0 Å². The number of carbonyl (C=O) groups excluding carboxylic acids is 1. The minimum atomic E-state index is -6.30. The summed E-state index contributed by atoms with van der Waals surface area (Å²) in [7, 11) is -9.44. The predicted molar refractivity (Wildman–Crippen MR) is 160 cm³/mol. The lowest BCUT2D eigenvalue weighted by atomic mass is 9.49. The first-order valence-electron chi connectivity index (χ1n) is 15.7. The molecule has 4 aliphatic carbocycles. The highest BCUT2D eigenvalue weighted by atomic mass is 32.3. The number of rotatable bonds is 11. The fourth-order valence-electron chi connectivity index (χ4n) is 8.40. The van der Waals surface area contributed by atoms with Crippen LogP contribution in [0, 0.1) is 23.2 Å². The van der Waals surface area contributed by atoms with E-state index in [1.165, 1.54) is 0 Å². The molecule has 3 unspecified atom stereocenters. The van der Waals surface area contributed by atoms with Gasteiger partial charge in [-0.05, 0) is 86.0 Å². The van der Waals surface area contributed by atoms with Gasteiger partial charge in [0.1, 0.15) is 0 Å². The second kappa shape index (κ2) is 11.9. The standard InChI is InChI=1S/C32H39F5O6S2/c1-2-3-12-41-25-11-13-44(20-25,27-10-6-8-24-7-4-5-9-26(24)27)43-45(39,40)32(36,37)28(31(33,34)35)42-29(38)30-17-21-14-22(18-30)16-23(15-21)19-30/h4-10,21-23,25,28H,2-3,11-20H2,1H3. The van der Waals surface area contributed by atoms with Crippen LogP contribution in [0.5, 0.6) is 0 Å². The SMILES string of the molecule is CCCCOC1CCS(OS(=O)(=O)C(F)(F)C(OC(=O)C23CC4CC(CC(C4)C2)C3)C(F)(F)F)(c2cccc3ccccc23)C1. The first kappa shape index (κ1) is 33.0. The molecule has 2 aromatic carbocycles. The first-order valence-corrected chi connectivity index (χ1v) is 19.0. The summed E-state index contributed by atoms with van der Waals surface area (Å²) in [5, 5.41) is -4.35. The smallest absolute Gasteiger partial charge is 0.432 e. The zero-order chi connectivity index (χ0) is 32.3. The summed E-state index contributed by atoms with van der Waals surface area (Å²) >= 11 is 0. The molecule has 0 aromatic heterocycles. The van der Waals surface area contributed by atoms with E-state index in [2.05, 4.69) is 4.74 Å². The minimum absolute atomic E-state index is 0.00312. The average Bonchev–Trinajstić information content (AvgIpc) is 3.37. The second-order valence-electron chi connectivity index (χ2n) is 13.4. The molecule has 1 saturated heterocycles. The number of carbonyl (C=O) groups is 1. The van der Waals surface area contributed by atoms with Crippen molar-refractivity contribution in [3.05, 3.63) is 42.5 Å². The molecule has 250 valence electrons. The molecular formula is C32H39F5O6S2. The fraction of sp³-hybridized carbons (Fsp3) is 0.656. The molecule has 45 heavy (non-hydrogen) atoms. The van der Waals surface area contributed by atoms with Crippen molar-refractivity contribution in [3.63, 3.8) is 0 Å². The van der Waals surface area contributed by atoms with Crippen molar-refractivity contribution in [2.75, 3.05) is 18.1 Å². The number of fused-ring (bicyclic) bond motifs is 1. The molecule has 4 saturated carbocycles. The van der Waals surface area contributed by atoms with Crippen molar-refractivity contribution in [3.8, 4) is 0 Å². The molecular weight excluding hydrogens is 639 g/mol. The van der Waals surface area contributed by atoms with Crippen molar-refractivity contribution in [1.82, 2.24) is 0 Å². The number of ether oxygens (including phenoxy) is 2. The molecule has 1 heterocycles. The third kappa shape index (κ3) is 6.11. The van der Waals surface area contributed by atoms with Gasteiger partial charge in [-0.3, -0.25) is 4.79 Å². The van der Waals surface area contributed by atoms with E-state index in [4.69, 9.17) is 8.37 Å². The molecule has 4 bridgehead atoms. The lowest BCUT2D eigenvalue weighted by Crippen LogP contribution is -2.56. The largest absolute Gasteiger partial charge is 0.444 e. The molecule has 5 fully saturated rings. The zero-order valence-corrected chi connectivity index (χ0v) is 26.7. The van der Waals surface area contributed by atoms with E-state index in [0.717, 1.165) is 32.1 Å². The maximum absolute atomic E-state index is 16.0. The van der Waals surface area contributed by atoms with E-state index in [1.807, 2.05) is 6.92 Å². The van der Waals surface area contributed by atoms with Crippen LogP contribution < -0.4 is 0 Å². The summed E-state index contributed by atoms with van der Waals surface area (Å²) in [5.74, 6) is -1.10. The van der Waals surface area contributed by atoms with Gasteiger partial charge >= 0.3 is 27.5 Å². The Morgan fingerprint density at radius 1 is 0.978 bits per heavy atom. The van der Waals surface area contributed by atoms with Crippen LogP contribution in [0.4, 0.5) is 22.0 Å². The van der Waals surface area contributed by atoms with Crippen LogP contribution in [-0.2, 0) is 28.0 Å². The van der Waals surface area contributed by atoms with Gasteiger partial charge in [-0.1, -0.05) is 60.1 Å². The number of alkyl halides is 5. The topological polar surface area (TPSA) is 78.9 Å². The predicted octanol–water partition coefficient (Wildman–Crippen LogP) is 8.14. The Kier molecular flexibility index (Phi) is 8.74. The van der Waals surface area contributed by atoms with Crippen molar-refractivity contribution >= 4 is 37.2 Å². The molecule has 0 amide bonds. The van der Waals surface area contributed by atoms with Crippen LogP contribution in [0.1, 0.15) is 64.7 Å². The van der Waals surface area contributed by atoms with E-state index in [-0.39, 0.29) is 54.9 Å². The average molecular weight is 679 g/mol. The Bertz CT molecular complexity index is 1490. The van der Waals surface area contributed by atoms with Gasteiger partial charge in [0.25, 0.3) is 6.10 Å². The lowest BCUT2D eigenvalue weighted by molar-refractivity contribution is -0.266. The van der Waals surface area contributed by atoms with Crippen molar-refractivity contribution in [2.45, 2.75) is 93.2 Å². The molecule has 5 aliphatic rings. The van der Waals surface area contributed by atoms with Crippen LogP contribution in [0.2, 0.25) is 0 Å². The number of esters is 1. The number of hydrogen-bond donors (Lipinski definition) is 0. The second-order valence-corrected chi connectivity index (χ2v) is 18.2. The molecule has 6 nitrogen and oxygen atoms in total. The fourth-order valence-corrected chi connectivity index (χ4v) is 14.4. The summed E-state index contributed by atoms with van der Waals surface area (Å²) in [5.41, 5.74) is -1.30. The van der Waals surface area contributed by atoms with Crippen LogP contribution in [0.25, 0.3) is 10.8 Å². The van der Waals surface area contributed by atoms with E-state index >= 15 is 8.78 Å². The van der Waals surface area contributed by atoms with Crippen LogP contribution in [-0.4, -0.2) is 56.1 Å². The molecule has 0 spiro atoms. The number of benzene rings is 2.